The fourth-order valence-corrected chi connectivity index (χ4v) is 16.5. The molecule has 312 valence electrons. The first kappa shape index (κ1) is 41.8. The van der Waals surface area contributed by atoms with Crippen molar-refractivity contribution in [2.75, 3.05) is 31.2 Å². The summed E-state index contributed by atoms with van der Waals surface area (Å²) in [4.78, 5) is 16.4. The Balaban J connectivity index is 1.11. The number of aryl methyl sites for hydroxylation is 1. The number of anilines is 1. The lowest BCUT2D eigenvalue weighted by Crippen LogP contribution is -2.66. The van der Waals surface area contributed by atoms with E-state index in [9.17, 15) is 18.3 Å². The number of aliphatic hydroxyl groups excluding tert-OH is 1. The monoisotopic (exact) mass is 852 g/mol. The highest BCUT2D eigenvalue weighted by Gasteiger charge is 2.50. The molecule has 8 nitrogen and oxygen atoms in total. The second-order valence-electron chi connectivity index (χ2n) is 18.2. The molecule has 2 aliphatic heterocycles. The van der Waals surface area contributed by atoms with E-state index in [1.54, 1.807) is 12.1 Å². The zero-order chi connectivity index (χ0) is 41.4. The van der Waals surface area contributed by atoms with Gasteiger partial charge < -0.3 is 19.2 Å². The quantitative estimate of drug-likeness (QED) is 0.150. The molecule has 4 aliphatic rings. The van der Waals surface area contributed by atoms with Gasteiger partial charge in [-0.05, 0) is 120 Å². The van der Waals surface area contributed by atoms with E-state index in [0.29, 0.717) is 31.9 Å². The SMILES string of the molecule is CC(C)(C)[Si](OCC[C@H]1CC/C=C/[C@H](O)[C@@H]2CC[C@H]2CN2C[C@@]3(CCCc4cc(Cl)ccc43)COc3ccc(cc32)C(=O)NS1(=O)=O)(c1ccccc1)c1ccccc1. The predicted octanol–water partition coefficient (Wildman–Crippen LogP) is 7.95. The largest absolute Gasteiger partial charge is 0.490 e. The van der Waals surface area contributed by atoms with Crippen molar-refractivity contribution in [3.8, 4) is 5.75 Å². The van der Waals surface area contributed by atoms with Crippen LogP contribution in [0.1, 0.15) is 87.2 Å². The van der Waals surface area contributed by atoms with E-state index in [2.05, 4.69) is 66.8 Å². The summed E-state index contributed by atoms with van der Waals surface area (Å²) in [5.41, 5.74) is 3.21. The molecule has 5 atom stereocenters. The van der Waals surface area contributed by atoms with E-state index in [0.717, 1.165) is 53.2 Å². The number of hydrogen-bond donors (Lipinski definition) is 2. The molecule has 0 saturated heterocycles. The molecule has 0 unspecified atom stereocenters. The van der Waals surface area contributed by atoms with Gasteiger partial charge in [0.15, 0.2) is 0 Å². The molecule has 59 heavy (non-hydrogen) atoms. The Morgan fingerprint density at radius 1 is 0.966 bits per heavy atom. The minimum Gasteiger partial charge on any atom is -0.490 e. The highest BCUT2D eigenvalue weighted by Crippen LogP contribution is 2.47. The van der Waals surface area contributed by atoms with Gasteiger partial charge in [-0.2, -0.15) is 0 Å². The maximum Gasteiger partial charge on any atom is 0.264 e. The van der Waals surface area contributed by atoms with E-state index in [1.807, 2.05) is 60.7 Å². The van der Waals surface area contributed by atoms with Crippen LogP contribution in [-0.2, 0) is 26.3 Å². The average Bonchev–Trinajstić information content (AvgIpc) is 3.35. The van der Waals surface area contributed by atoms with Crippen molar-refractivity contribution in [1.29, 1.82) is 0 Å². The number of aliphatic hydroxyl groups is 1. The molecule has 0 radical (unpaired) electrons. The summed E-state index contributed by atoms with van der Waals surface area (Å²) in [5, 5.41) is 13.3. The Bertz CT molecular complexity index is 2240. The van der Waals surface area contributed by atoms with Gasteiger partial charge in [0.25, 0.3) is 14.2 Å². The average molecular weight is 854 g/mol. The number of nitrogens with zero attached hydrogens (tertiary/aromatic N) is 1. The summed E-state index contributed by atoms with van der Waals surface area (Å²) >= 11 is 6.47. The van der Waals surface area contributed by atoms with Gasteiger partial charge in [-0.3, -0.25) is 4.79 Å². The molecule has 2 N–H and O–H groups in total. The summed E-state index contributed by atoms with van der Waals surface area (Å²) in [5.74, 6) is 0.314. The Morgan fingerprint density at radius 3 is 2.37 bits per heavy atom. The van der Waals surface area contributed by atoms with Gasteiger partial charge in [0, 0.05) is 35.7 Å². The molecule has 0 aromatic heterocycles. The molecule has 1 amide bonds. The van der Waals surface area contributed by atoms with Crippen LogP contribution in [0.3, 0.4) is 0 Å². The summed E-state index contributed by atoms with van der Waals surface area (Å²) in [6.07, 6.45) is 8.83. The second-order valence-corrected chi connectivity index (χ2v) is 24.9. The van der Waals surface area contributed by atoms with E-state index in [-0.39, 0.29) is 47.3 Å². The zero-order valence-electron chi connectivity index (χ0n) is 34.4. The fourth-order valence-electron chi connectivity index (χ4n) is 10.3. The molecule has 2 heterocycles. The summed E-state index contributed by atoms with van der Waals surface area (Å²) in [7, 11) is -7.10. The Morgan fingerprint density at radius 2 is 1.69 bits per heavy atom. The normalized spacial score (nSPS) is 26.3. The first-order chi connectivity index (χ1) is 28.3. The maximum absolute atomic E-state index is 14.4. The standard InChI is InChI=1S/C48H57ClN2O6SSi/c1-47(2,3)59(39-15-6-4-7-16-39,40-17-8-5-9-18-40)57-28-26-38-14-10-11-19-44(52)41-23-20-36(41)31-51-32-48(27-12-13-34-29-37(49)22-24-42(34)48)33-56-45-25-21-35(30-43(45)51)46(53)50-58(38,54)55/h4-9,11,15-19,21-22,24-25,29-30,36,38,41,44,52H,10,12-14,20,23,26-28,31-33H2,1-3H3,(H,50,53)/b19-11+/t36-,38+,41+,44-,48-/m0/s1. The van der Waals surface area contributed by atoms with Crippen LogP contribution in [0.4, 0.5) is 5.69 Å². The Labute approximate surface area is 356 Å². The van der Waals surface area contributed by atoms with Crippen LogP contribution in [0.15, 0.2) is 109 Å². The van der Waals surface area contributed by atoms with Crippen LogP contribution >= 0.6 is 11.6 Å². The lowest BCUT2D eigenvalue weighted by molar-refractivity contribution is 0.0456. The van der Waals surface area contributed by atoms with Crippen LogP contribution in [0.25, 0.3) is 0 Å². The van der Waals surface area contributed by atoms with Crippen molar-refractivity contribution in [2.45, 2.75) is 93.9 Å². The molecule has 1 spiro atoms. The highest BCUT2D eigenvalue weighted by atomic mass is 35.5. The van der Waals surface area contributed by atoms with Gasteiger partial charge in [-0.25, -0.2) is 13.1 Å². The minimum absolute atomic E-state index is 0.0750. The van der Waals surface area contributed by atoms with Gasteiger partial charge in [-0.1, -0.05) is 111 Å². The third-order valence-corrected chi connectivity index (χ3v) is 20.6. The number of amides is 1. The van der Waals surface area contributed by atoms with Gasteiger partial charge >= 0.3 is 0 Å². The van der Waals surface area contributed by atoms with E-state index >= 15 is 0 Å². The lowest BCUT2D eigenvalue weighted by atomic mass is 9.68. The molecule has 4 aromatic carbocycles. The van der Waals surface area contributed by atoms with Crippen molar-refractivity contribution in [1.82, 2.24) is 4.72 Å². The number of benzene rings is 4. The second kappa shape index (κ2) is 16.8. The third-order valence-electron chi connectivity index (χ3n) is 13.5. The minimum atomic E-state index is -4.17. The van der Waals surface area contributed by atoms with Crippen molar-refractivity contribution in [3.63, 3.8) is 0 Å². The lowest BCUT2D eigenvalue weighted by Gasteiger charge is -2.45. The van der Waals surface area contributed by atoms with Gasteiger partial charge in [0.2, 0.25) is 10.0 Å². The molecule has 4 aromatic rings. The number of rotatable bonds is 6. The van der Waals surface area contributed by atoms with Crippen LogP contribution in [0.5, 0.6) is 5.75 Å². The number of nitrogens with one attached hydrogen (secondary N) is 1. The molecule has 2 bridgehead atoms. The van der Waals surface area contributed by atoms with E-state index in [1.165, 1.54) is 11.1 Å². The van der Waals surface area contributed by atoms with E-state index < -0.39 is 35.6 Å². The molecular formula is C48H57ClN2O6SSi. The van der Waals surface area contributed by atoms with Crippen molar-refractivity contribution in [3.05, 3.63) is 131 Å². The van der Waals surface area contributed by atoms with Crippen LogP contribution in [0.2, 0.25) is 10.1 Å². The van der Waals surface area contributed by atoms with Gasteiger partial charge in [0.1, 0.15) is 5.75 Å². The molecule has 11 heteroatoms. The number of fused-ring (bicyclic) bond motifs is 4. The fraction of sp³-hybridized carbons (Fsp3) is 0.438. The number of allylic oxidation sites excluding steroid dienone is 1. The number of hydrogen-bond acceptors (Lipinski definition) is 7. The van der Waals surface area contributed by atoms with Crippen LogP contribution in [-0.4, -0.2) is 65.4 Å². The highest BCUT2D eigenvalue weighted by molar-refractivity contribution is 7.90. The van der Waals surface area contributed by atoms with Crippen molar-refractivity contribution < 1.29 is 27.5 Å². The number of ether oxygens (including phenoxy) is 1. The topological polar surface area (TPSA) is 105 Å². The molecule has 2 aliphatic carbocycles. The van der Waals surface area contributed by atoms with Gasteiger partial charge in [0.05, 0.1) is 23.6 Å². The number of halogens is 1. The maximum atomic E-state index is 14.4. The molecule has 1 fully saturated rings. The Kier molecular flexibility index (Phi) is 11.9. The first-order valence-corrected chi connectivity index (χ1v) is 25.1. The van der Waals surface area contributed by atoms with Crippen molar-refractivity contribution >= 4 is 51.9 Å². The Hall–Kier alpha value is -3.93. The molecule has 1 saturated carbocycles. The zero-order valence-corrected chi connectivity index (χ0v) is 37.0. The van der Waals surface area contributed by atoms with Crippen LogP contribution < -0.4 is 24.7 Å². The van der Waals surface area contributed by atoms with Crippen LogP contribution in [0, 0.1) is 11.8 Å². The first-order valence-electron chi connectivity index (χ1n) is 21.3. The summed E-state index contributed by atoms with van der Waals surface area (Å²) in [6.45, 7) is 8.60. The van der Waals surface area contributed by atoms with Crippen molar-refractivity contribution in [2.24, 2.45) is 11.8 Å². The summed E-state index contributed by atoms with van der Waals surface area (Å²) in [6, 6.07) is 32.0. The number of sulfonamides is 1. The predicted molar refractivity (Wildman–Crippen MR) is 239 cm³/mol. The molecule has 8 rings (SSSR count). The number of carbonyl (C=O) groups is 1. The van der Waals surface area contributed by atoms with Gasteiger partial charge in [-0.15, -0.1) is 0 Å². The number of carbonyl (C=O) groups excluding carboxylic acids is 1. The summed E-state index contributed by atoms with van der Waals surface area (Å²) < 4.78 is 45.0. The van der Waals surface area contributed by atoms with E-state index in [4.69, 9.17) is 20.8 Å². The molecular weight excluding hydrogens is 796 g/mol. The third kappa shape index (κ3) is 8.28. The smallest absolute Gasteiger partial charge is 0.264 e.